The summed E-state index contributed by atoms with van der Waals surface area (Å²) in [6.07, 6.45) is 3.66. The van der Waals surface area contributed by atoms with Gasteiger partial charge in [0.05, 0.1) is 19.9 Å². The third-order valence-electron chi connectivity index (χ3n) is 4.13. The molecule has 6 nitrogen and oxygen atoms in total. The fourth-order valence-corrected chi connectivity index (χ4v) is 2.74. The number of hydrogen-bond donors (Lipinski definition) is 1. The van der Waals surface area contributed by atoms with Gasteiger partial charge in [0.1, 0.15) is 17.3 Å². The largest absolute Gasteiger partial charge is 0.497 e. The van der Waals surface area contributed by atoms with Crippen LogP contribution in [-0.2, 0) is 6.54 Å². The predicted octanol–water partition coefficient (Wildman–Crippen LogP) is 3.13. The van der Waals surface area contributed by atoms with Crippen molar-refractivity contribution in [2.75, 3.05) is 14.2 Å². The Bertz CT molecular complexity index is 896. The molecule has 1 N–H and O–H groups in total. The number of ether oxygens (including phenoxy) is 2. The minimum absolute atomic E-state index is 0.195. The van der Waals surface area contributed by atoms with Crippen LogP contribution in [0.1, 0.15) is 21.7 Å². The van der Waals surface area contributed by atoms with E-state index in [4.69, 9.17) is 9.47 Å². The third-order valence-corrected chi connectivity index (χ3v) is 4.13. The molecular formula is C20H21N3O3. The molecule has 1 amide bonds. The van der Waals surface area contributed by atoms with Crippen LogP contribution < -0.4 is 14.8 Å². The van der Waals surface area contributed by atoms with E-state index < -0.39 is 0 Å². The molecule has 0 fully saturated rings. The second-order valence-corrected chi connectivity index (χ2v) is 5.76. The van der Waals surface area contributed by atoms with Gasteiger partial charge in [-0.15, -0.1) is 0 Å². The van der Waals surface area contributed by atoms with Gasteiger partial charge < -0.3 is 19.4 Å². The Morgan fingerprint density at radius 2 is 1.81 bits per heavy atom. The monoisotopic (exact) mass is 351 g/mol. The molecule has 6 heteroatoms. The molecule has 0 aliphatic rings. The Morgan fingerprint density at radius 1 is 1.12 bits per heavy atom. The molecular weight excluding hydrogens is 330 g/mol. The van der Waals surface area contributed by atoms with Crippen molar-refractivity contribution in [1.82, 2.24) is 14.9 Å². The van der Waals surface area contributed by atoms with Crippen LogP contribution in [0, 0.1) is 6.92 Å². The minimum Gasteiger partial charge on any atom is -0.497 e. The van der Waals surface area contributed by atoms with Gasteiger partial charge in [-0.05, 0) is 30.7 Å². The van der Waals surface area contributed by atoms with Crippen molar-refractivity contribution in [3.05, 3.63) is 71.8 Å². The van der Waals surface area contributed by atoms with Gasteiger partial charge in [0.2, 0.25) is 0 Å². The van der Waals surface area contributed by atoms with Crippen molar-refractivity contribution in [2.24, 2.45) is 0 Å². The van der Waals surface area contributed by atoms with Gasteiger partial charge in [-0.25, -0.2) is 4.98 Å². The van der Waals surface area contributed by atoms with Crippen molar-refractivity contribution in [2.45, 2.75) is 13.5 Å². The van der Waals surface area contributed by atoms with Gasteiger partial charge in [0, 0.05) is 30.6 Å². The van der Waals surface area contributed by atoms with Crippen LogP contribution >= 0.6 is 0 Å². The first-order chi connectivity index (χ1) is 12.6. The number of para-hydroxylation sites is 1. The maximum atomic E-state index is 12.6. The first kappa shape index (κ1) is 17.5. The van der Waals surface area contributed by atoms with Gasteiger partial charge in [-0.2, -0.15) is 0 Å². The lowest BCUT2D eigenvalue weighted by Crippen LogP contribution is -2.23. The molecule has 1 heterocycles. The lowest BCUT2D eigenvalue weighted by molar-refractivity contribution is 0.0950. The number of nitrogens with zero attached hydrogens (tertiary/aromatic N) is 2. The molecule has 134 valence electrons. The maximum Gasteiger partial charge on any atom is 0.251 e. The standard InChI is InChI=1S/C20H21N3O3/c1-14-21-8-9-23(14)19-7-5-4-6-15(19)13-22-20(24)16-10-17(25-2)12-18(11-16)26-3/h4-12H,13H2,1-3H3,(H,22,24). The molecule has 0 unspecified atom stereocenters. The van der Waals surface area contributed by atoms with Gasteiger partial charge in [-0.1, -0.05) is 18.2 Å². The summed E-state index contributed by atoms with van der Waals surface area (Å²) < 4.78 is 12.4. The van der Waals surface area contributed by atoms with E-state index in [0.29, 0.717) is 23.6 Å². The number of carbonyl (C=O) groups excluding carboxylic acids is 1. The van der Waals surface area contributed by atoms with Gasteiger partial charge in [0.15, 0.2) is 0 Å². The highest BCUT2D eigenvalue weighted by molar-refractivity contribution is 5.95. The van der Waals surface area contributed by atoms with E-state index in [2.05, 4.69) is 10.3 Å². The maximum absolute atomic E-state index is 12.6. The van der Waals surface area contributed by atoms with Gasteiger partial charge >= 0.3 is 0 Å². The Morgan fingerprint density at radius 3 is 2.42 bits per heavy atom. The minimum atomic E-state index is -0.195. The van der Waals surface area contributed by atoms with Gasteiger partial charge in [-0.3, -0.25) is 4.79 Å². The van der Waals surface area contributed by atoms with Crippen molar-refractivity contribution in [3.8, 4) is 17.2 Å². The molecule has 2 aromatic carbocycles. The fourth-order valence-electron chi connectivity index (χ4n) is 2.74. The topological polar surface area (TPSA) is 65.4 Å². The van der Waals surface area contributed by atoms with Crippen LogP contribution in [0.3, 0.4) is 0 Å². The number of aryl methyl sites for hydroxylation is 1. The summed E-state index contributed by atoms with van der Waals surface area (Å²) in [5, 5.41) is 2.96. The van der Waals surface area contributed by atoms with Crippen LogP contribution in [0.2, 0.25) is 0 Å². The van der Waals surface area contributed by atoms with E-state index >= 15 is 0 Å². The van der Waals surface area contributed by atoms with E-state index in [9.17, 15) is 4.79 Å². The van der Waals surface area contributed by atoms with Crippen LogP contribution in [0.4, 0.5) is 0 Å². The molecule has 0 saturated heterocycles. The summed E-state index contributed by atoms with van der Waals surface area (Å²) in [7, 11) is 3.11. The average molecular weight is 351 g/mol. The number of amides is 1. The Balaban J connectivity index is 1.80. The van der Waals surface area contributed by atoms with E-state index in [1.165, 1.54) is 0 Å². The molecule has 0 bridgehead atoms. The molecule has 3 aromatic rings. The smallest absolute Gasteiger partial charge is 0.251 e. The fraction of sp³-hybridized carbons (Fsp3) is 0.200. The molecule has 0 radical (unpaired) electrons. The Labute approximate surface area is 152 Å². The van der Waals surface area contributed by atoms with E-state index in [1.54, 1.807) is 38.6 Å². The highest BCUT2D eigenvalue weighted by atomic mass is 16.5. The first-order valence-electron chi connectivity index (χ1n) is 8.22. The average Bonchev–Trinajstić information content (AvgIpc) is 3.11. The lowest BCUT2D eigenvalue weighted by Gasteiger charge is -2.13. The number of nitrogens with one attached hydrogen (secondary N) is 1. The van der Waals surface area contributed by atoms with E-state index in [1.807, 2.05) is 42.0 Å². The molecule has 0 atom stereocenters. The Kier molecular flexibility index (Phi) is 5.22. The summed E-state index contributed by atoms with van der Waals surface area (Å²) >= 11 is 0. The highest BCUT2D eigenvalue weighted by Gasteiger charge is 2.12. The number of benzene rings is 2. The number of aromatic nitrogens is 2. The zero-order chi connectivity index (χ0) is 18.5. The SMILES string of the molecule is COc1cc(OC)cc(C(=O)NCc2ccccc2-n2ccnc2C)c1. The number of rotatable bonds is 6. The number of carbonyl (C=O) groups is 1. The molecule has 0 saturated carbocycles. The van der Waals surface area contributed by atoms with E-state index in [0.717, 1.165) is 17.1 Å². The number of methoxy groups -OCH3 is 2. The van der Waals surface area contributed by atoms with Crippen molar-refractivity contribution >= 4 is 5.91 Å². The quantitative estimate of drug-likeness (QED) is 0.741. The van der Waals surface area contributed by atoms with Crippen molar-refractivity contribution in [1.29, 1.82) is 0 Å². The first-order valence-corrected chi connectivity index (χ1v) is 8.22. The van der Waals surface area contributed by atoms with Crippen LogP contribution in [-0.4, -0.2) is 29.7 Å². The summed E-state index contributed by atoms with van der Waals surface area (Å²) in [5.74, 6) is 1.84. The number of hydrogen-bond acceptors (Lipinski definition) is 4. The van der Waals surface area contributed by atoms with Crippen LogP contribution in [0.5, 0.6) is 11.5 Å². The molecule has 1 aromatic heterocycles. The molecule has 0 aliphatic carbocycles. The Hall–Kier alpha value is -3.28. The molecule has 0 aliphatic heterocycles. The van der Waals surface area contributed by atoms with Crippen LogP contribution in [0.25, 0.3) is 5.69 Å². The molecule has 3 rings (SSSR count). The highest BCUT2D eigenvalue weighted by Crippen LogP contribution is 2.22. The molecule has 26 heavy (non-hydrogen) atoms. The second kappa shape index (κ2) is 7.74. The normalized spacial score (nSPS) is 10.4. The van der Waals surface area contributed by atoms with Crippen molar-refractivity contribution < 1.29 is 14.3 Å². The molecule has 0 spiro atoms. The number of imidazole rings is 1. The summed E-state index contributed by atoms with van der Waals surface area (Å²) in [4.78, 5) is 16.8. The van der Waals surface area contributed by atoms with Gasteiger partial charge in [0.25, 0.3) is 5.91 Å². The summed E-state index contributed by atoms with van der Waals surface area (Å²) in [6, 6.07) is 13.0. The summed E-state index contributed by atoms with van der Waals surface area (Å²) in [5.41, 5.74) is 2.47. The predicted molar refractivity (Wildman–Crippen MR) is 99.0 cm³/mol. The second-order valence-electron chi connectivity index (χ2n) is 5.76. The zero-order valence-electron chi connectivity index (χ0n) is 15.0. The van der Waals surface area contributed by atoms with Crippen molar-refractivity contribution in [3.63, 3.8) is 0 Å². The lowest BCUT2D eigenvalue weighted by atomic mass is 10.1. The zero-order valence-corrected chi connectivity index (χ0v) is 15.0. The third kappa shape index (κ3) is 3.69. The van der Waals surface area contributed by atoms with Crippen LogP contribution in [0.15, 0.2) is 54.9 Å². The summed E-state index contributed by atoms with van der Waals surface area (Å²) in [6.45, 7) is 2.34. The van der Waals surface area contributed by atoms with E-state index in [-0.39, 0.29) is 5.91 Å².